The second-order valence-electron chi connectivity index (χ2n) is 7.15. The molecule has 0 amide bonds. The lowest BCUT2D eigenvalue weighted by atomic mass is 9.95. The third-order valence-electron chi connectivity index (χ3n) is 2.68. The molecule has 0 N–H and O–H groups in total. The molecule has 0 rings (SSSR count). The smallest absolute Gasteiger partial charge is 0.162 e. The Morgan fingerprint density at radius 1 is 0.789 bits per heavy atom. The summed E-state index contributed by atoms with van der Waals surface area (Å²) < 4.78 is 22.4. The zero-order valence-corrected chi connectivity index (χ0v) is 14.1. The summed E-state index contributed by atoms with van der Waals surface area (Å²) in [6, 6.07) is 0. The van der Waals surface area contributed by atoms with Gasteiger partial charge in [0.15, 0.2) is 12.6 Å². The highest BCUT2D eigenvalue weighted by atomic mass is 16.7. The highest BCUT2D eigenvalue weighted by molar-refractivity contribution is 4.69. The summed E-state index contributed by atoms with van der Waals surface area (Å²) in [7, 11) is 3.32. The summed E-state index contributed by atoms with van der Waals surface area (Å²) in [6.07, 6.45) is -0.542. The Labute approximate surface area is 118 Å². The van der Waals surface area contributed by atoms with Gasteiger partial charge in [0.1, 0.15) is 0 Å². The fourth-order valence-electron chi connectivity index (χ4n) is 1.76. The van der Waals surface area contributed by atoms with Gasteiger partial charge in [0.25, 0.3) is 0 Å². The predicted molar refractivity (Wildman–Crippen MR) is 77.0 cm³/mol. The summed E-state index contributed by atoms with van der Waals surface area (Å²) >= 11 is 0. The van der Waals surface area contributed by atoms with Gasteiger partial charge in [-0.1, -0.05) is 41.5 Å². The van der Waals surface area contributed by atoms with Crippen LogP contribution in [0.1, 0.15) is 48.5 Å². The first-order valence-corrected chi connectivity index (χ1v) is 6.85. The molecular weight excluding hydrogens is 244 g/mol. The maximum Gasteiger partial charge on any atom is 0.162 e. The van der Waals surface area contributed by atoms with Crippen molar-refractivity contribution in [1.82, 2.24) is 0 Å². The van der Waals surface area contributed by atoms with E-state index in [4.69, 9.17) is 18.9 Å². The van der Waals surface area contributed by atoms with Crippen molar-refractivity contribution in [2.45, 2.75) is 67.2 Å². The summed E-state index contributed by atoms with van der Waals surface area (Å²) in [6.45, 7) is 15.0. The van der Waals surface area contributed by atoms with Crippen LogP contribution in [0.4, 0.5) is 0 Å². The van der Waals surface area contributed by atoms with Crippen LogP contribution in [0.3, 0.4) is 0 Å². The Morgan fingerprint density at radius 3 is 1.53 bits per heavy atom. The van der Waals surface area contributed by atoms with Gasteiger partial charge in [0.2, 0.25) is 0 Å². The number of ether oxygens (including phenoxy) is 4. The van der Waals surface area contributed by atoms with Crippen molar-refractivity contribution in [3.63, 3.8) is 0 Å². The number of methoxy groups -OCH3 is 2. The van der Waals surface area contributed by atoms with Crippen molar-refractivity contribution in [3.8, 4) is 0 Å². The first-order valence-electron chi connectivity index (χ1n) is 6.85. The first-order chi connectivity index (χ1) is 8.52. The molecule has 0 saturated carbocycles. The van der Waals surface area contributed by atoms with Crippen LogP contribution in [0, 0.1) is 10.8 Å². The van der Waals surface area contributed by atoms with E-state index in [1.54, 1.807) is 14.2 Å². The van der Waals surface area contributed by atoms with Crippen molar-refractivity contribution >= 4 is 0 Å². The fourth-order valence-corrected chi connectivity index (χ4v) is 1.76. The standard InChI is InChI=1S/C15H32O4/c1-11(19-13(17-9)15(5,6)7)10-18-12(16-8)14(2,3)4/h11-13H,10H2,1-9H3. The van der Waals surface area contributed by atoms with Gasteiger partial charge in [-0.05, 0) is 6.92 Å². The van der Waals surface area contributed by atoms with Gasteiger partial charge in [-0.15, -0.1) is 0 Å². The molecule has 0 fully saturated rings. The van der Waals surface area contributed by atoms with Gasteiger partial charge in [-0.3, -0.25) is 0 Å². The second kappa shape index (κ2) is 7.58. The molecule has 4 nitrogen and oxygen atoms in total. The Morgan fingerprint density at radius 2 is 1.21 bits per heavy atom. The van der Waals surface area contributed by atoms with E-state index in [1.165, 1.54) is 0 Å². The molecule has 0 heterocycles. The lowest BCUT2D eigenvalue weighted by molar-refractivity contribution is -0.235. The van der Waals surface area contributed by atoms with Crippen molar-refractivity contribution in [3.05, 3.63) is 0 Å². The lowest BCUT2D eigenvalue weighted by Gasteiger charge is -2.33. The topological polar surface area (TPSA) is 36.9 Å². The predicted octanol–water partition coefficient (Wildman–Crippen LogP) is 3.45. The molecule has 0 aliphatic carbocycles. The Kier molecular flexibility index (Phi) is 7.51. The number of rotatable bonds is 7. The minimum absolute atomic E-state index is 0.0517. The lowest BCUT2D eigenvalue weighted by Crippen LogP contribution is -2.38. The fraction of sp³-hybridized carbons (Fsp3) is 1.00. The van der Waals surface area contributed by atoms with E-state index < -0.39 is 0 Å². The summed E-state index contributed by atoms with van der Waals surface area (Å²) in [5.41, 5.74) is -0.118. The van der Waals surface area contributed by atoms with Crippen molar-refractivity contribution in [1.29, 1.82) is 0 Å². The van der Waals surface area contributed by atoms with Gasteiger partial charge >= 0.3 is 0 Å². The normalized spacial score (nSPS) is 18.2. The molecule has 0 radical (unpaired) electrons. The van der Waals surface area contributed by atoms with E-state index in [-0.39, 0.29) is 29.5 Å². The van der Waals surface area contributed by atoms with Gasteiger partial charge < -0.3 is 18.9 Å². The summed E-state index contributed by atoms with van der Waals surface area (Å²) in [5, 5.41) is 0. The molecule has 0 spiro atoms. The minimum atomic E-state index is -0.248. The Hall–Kier alpha value is -0.160. The maximum absolute atomic E-state index is 5.87. The van der Waals surface area contributed by atoms with E-state index in [2.05, 4.69) is 41.5 Å². The van der Waals surface area contributed by atoms with E-state index in [9.17, 15) is 0 Å². The third kappa shape index (κ3) is 7.25. The zero-order chi connectivity index (χ0) is 15.3. The molecule has 3 atom stereocenters. The molecule has 0 aliphatic heterocycles. The molecular formula is C15H32O4. The van der Waals surface area contributed by atoms with Crippen LogP contribution < -0.4 is 0 Å². The van der Waals surface area contributed by atoms with Crippen LogP contribution in [-0.2, 0) is 18.9 Å². The van der Waals surface area contributed by atoms with Crippen LogP contribution in [0.25, 0.3) is 0 Å². The minimum Gasteiger partial charge on any atom is -0.355 e. The van der Waals surface area contributed by atoms with E-state index in [1.807, 2.05) is 6.92 Å². The monoisotopic (exact) mass is 276 g/mol. The Balaban J connectivity index is 4.28. The van der Waals surface area contributed by atoms with Gasteiger partial charge in [-0.25, -0.2) is 0 Å². The highest BCUT2D eigenvalue weighted by Gasteiger charge is 2.29. The van der Waals surface area contributed by atoms with Crippen molar-refractivity contribution < 1.29 is 18.9 Å². The van der Waals surface area contributed by atoms with Crippen LogP contribution in [-0.4, -0.2) is 39.5 Å². The second-order valence-corrected chi connectivity index (χ2v) is 7.15. The average Bonchev–Trinajstić information content (AvgIpc) is 2.23. The summed E-state index contributed by atoms with van der Waals surface area (Å²) in [5.74, 6) is 0. The van der Waals surface area contributed by atoms with Crippen LogP contribution in [0.15, 0.2) is 0 Å². The molecule has 19 heavy (non-hydrogen) atoms. The maximum atomic E-state index is 5.87. The van der Waals surface area contributed by atoms with Gasteiger partial charge in [0, 0.05) is 25.0 Å². The zero-order valence-electron chi connectivity index (χ0n) is 14.1. The van der Waals surface area contributed by atoms with E-state index >= 15 is 0 Å². The molecule has 0 aromatic rings. The van der Waals surface area contributed by atoms with Gasteiger partial charge in [-0.2, -0.15) is 0 Å². The van der Waals surface area contributed by atoms with Crippen molar-refractivity contribution in [2.24, 2.45) is 10.8 Å². The molecule has 0 bridgehead atoms. The highest BCUT2D eigenvalue weighted by Crippen LogP contribution is 2.25. The number of hydrogen-bond acceptors (Lipinski definition) is 4. The van der Waals surface area contributed by atoms with Crippen LogP contribution in [0.5, 0.6) is 0 Å². The SMILES string of the molecule is COC(OCC(C)OC(OC)C(C)(C)C)C(C)(C)C. The first kappa shape index (κ1) is 18.8. The van der Waals surface area contributed by atoms with E-state index in [0.29, 0.717) is 6.61 Å². The van der Waals surface area contributed by atoms with E-state index in [0.717, 1.165) is 0 Å². The largest absolute Gasteiger partial charge is 0.355 e. The van der Waals surface area contributed by atoms with Gasteiger partial charge in [0.05, 0.1) is 12.7 Å². The van der Waals surface area contributed by atoms with Crippen molar-refractivity contribution in [2.75, 3.05) is 20.8 Å². The Bertz CT molecular complexity index is 240. The molecule has 0 aliphatic rings. The number of hydrogen-bond donors (Lipinski definition) is 0. The molecule has 3 unspecified atom stereocenters. The quantitative estimate of drug-likeness (QED) is 0.667. The molecule has 4 heteroatoms. The molecule has 0 aromatic carbocycles. The molecule has 116 valence electrons. The molecule has 0 aromatic heterocycles. The third-order valence-corrected chi connectivity index (χ3v) is 2.68. The average molecular weight is 276 g/mol. The van der Waals surface area contributed by atoms with Crippen LogP contribution in [0.2, 0.25) is 0 Å². The molecule has 0 saturated heterocycles. The summed E-state index contributed by atoms with van der Waals surface area (Å²) in [4.78, 5) is 0. The van der Waals surface area contributed by atoms with Crippen LogP contribution >= 0.6 is 0 Å².